The van der Waals surface area contributed by atoms with E-state index >= 15 is 0 Å². The maximum absolute atomic E-state index is 11.7. The van der Waals surface area contributed by atoms with E-state index in [9.17, 15) is 8.42 Å². The third-order valence-corrected chi connectivity index (χ3v) is 7.22. The van der Waals surface area contributed by atoms with Crippen molar-refractivity contribution < 1.29 is 8.42 Å². The van der Waals surface area contributed by atoms with Crippen molar-refractivity contribution in [3.63, 3.8) is 0 Å². The number of sulfone groups is 1. The summed E-state index contributed by atoms with van der Waals surface area (Å²) in [6, 6.07) is 4.95. The normalized spacial score (nSPS) is 28.7. The molecule has 0 bridgehead atoms. The van der Waals surface area contributed by atoms with Crippen LogP contribution in [0, 0.1) is 5.41 Å². The molecule has 0 saturated carbocycles. The molecule has 1 aromatic carbocycles. The first-order valence-electron chi connectivity index (χ1n) is 5.58. The van der Waals surface area contributed by atoms with Gasteiger partial charge < -0.3 is 4.90 Å². The van der Waals surface area contributed by atoms with Gasteiger partial charge in [-0.2, -0.15) is 0 Å². The van der Waals surface area contributed by atoms with Crippen molar-refractivity contribution in [2.24, 2.45) is 0 Å². The third-order valence-electron chi connectivity index (χ3n) is 3.28. The lowest BCUT2D eigenvalue weighted by atomic mass is 10.2. The Bertz CT molecular complexity index is 663. The van der Waals surface area contributed by atoms with Gasteiger partial charge in [0.15, 0.2) is 15.0 Å². The number of benzene rings is 1. The number of halogens is 2. The largest absolute Gasteiger partial charge is 0.315 e. The van der Waals surface area contributed by atoms with Gasteiger partial charge in [-0.3, -0.25) is 5.41 Å². The molecule has 2 unspecified atom stereocenters. The van der Waals surface area contributed by atoms with Crippen molar-refractivity contribution in [1.82, 2.24) is 0 Å². The molecule has 2 atom stereocenters. The van der Waals surface area contributed by atoms with E-state index in [2.05, 4.69) is 0 Å². The molecule has 2 aliphatic heterocycles. The second kappa shape index (κ2) is 4.55. The lowest BCUT2D eigenvalue weighted by Gasteiger charge is -2.25. The van der Waals surface area contributed by atoms with Gasteiger partial charge in [0.2, 0.25) is 0 Å². The van der Waals surface area contributed by atoms with Gasteiger partial charge >= 0.3 is 0 Å². The van der Waals surface area contributed by atoms with Crippen molar-refractivity contribution in [3.8, 4) is 0 Å². The molecule has 3 rings (SSSR count). The van der Waals surface area contributed by atoms with Gasteiger partial charge in [-0.25, -0.2) is 8.42 Å². The van der Waals surface area contributed by atoms with Crippen LogP contribution in [0.1, 0.15) is 0 Å². The minimum absolute atomic E-state index is 0.0654. The van der Waals surface area contributed by atoms with Crippen LogP contribution in [0.15, 0.2) is 18.2 Å². The van der Waals surface area contributed by atoms with E-state index < -0.39 is 9.84 Å². The molecule has 4 nitrogen and oxygen atoms in total. The van der Waals surface area contributed by atoms with Gasteiger partial charge in [0, 0.05) is 5.25 Å². The van der Waals surface area contributed by atoms with Gasteiger partial charge in [-0.15, -0.1) is 0 Å². The summed E-state index contributed by atoms with van der Waals surface area (Å²) >= 11 is 13.4. The Kier molecular flexibility index (Phi) is 3.24. The highest BCUT2D eigenvalue weighted by Crippen LogP contribution is 2.43. The van der Waals surface area contributed by atoms with Crippen LogP contribution in [-0.2, 0) is 9.84 Å². The lowest BCUT2D eigenvalue weighted by molar-refractivity contribution is 0.601. The number of fused-ring (bicyclic) bond motifs is 1. The van der Waals surface area contributed by atoms with E-state index in [0.717, 1.165) is 0 Å². The number of thioether (sulfide) groups is 1. The van der Waals surface area contributed by atoms with E-state index in [4.69, 9.17) is 28.6 Å². The molecular weight excluding hydrogens is 327 g/mol. The third kappa shape index (κ3) is 2.24. The maximum atomic E-state index is 11.7. The van der Waals surface area contributed by atoms with E-state index in [0.29, 0.717) is 20.9 Å². The lowest BCUT2D eigenvalue weighted by Crippen LogP contribution is -2.37. The summed E-state index contributed by atoms with van der Waals surface area (Å²) in [6.07, 6.45) is 0. The topological polar surface area (TPSA) is 61.2 Å². The fourth-order valence-corrected chi connectivity index (χ4v) is 6.64. The monoisotopic (exact) mass is 336 g/mol. The van der Waals surface area contributed by atoms with Crippen molar-refractivity contribution in [1.29, 1.82) is 5.41 Å². The molecule has 2 saturated heterocycles. The smallest absolute Gasteiger partial charge is 0.161 e. The molecule has 0 spiro atoms. The minimum atomic E-state index is -3.03. The van der Waals surface area contributed by atoms with Gasteiger partial charge in [0.05, 0.1) is 33.3 Å². The number of hydrogen-bond acceptors (Lipinski definition) is 4. The van der Waals surface area contributed by atoms with Crippen LogP contribution in [0.3, 0.4) is 0 Å². The molecule has 8 heteroatoms. The first-order valence-corrected chi connectivity index (χ1v) is 9.03. The molecule has 102 valence electrons. The standard InChI is InChI=1S/C11H10Cl2N2O2S2/c12-6-2-1-3-7(10(6)13)15-8-4-19(16,17)5-9(8)18-11(15)14/h1-3,8-9,14H,4-5H2. The molecule has 1 aromatic rings. The van der Waals surface area contributed by atoms with Crippen LogP contribution in [0.4, 0.5) is 5.69 Å². The Balaban J connectivity index is 2.05. The Labute approximate surface area is 125 Å². The predicted octanol–water partition coefficient (Wildman–Crippen LogP) is 2.65. The van der Waals surface area contributed by atoms with E-state index in [-0.39, 0.29) is 22.8 Å². The van der Waals surface area contributed by atoms with Crippen LogP contribution >= 0.6 is 35.0 Å². The molecule has 0 amide bonds. The number of amidine groups is 1. The summed E-state index contributed by atoms with van der Waals surface area (Å²) in [6.45, 7) is 0. The molecule has 19 heavy (non-hydrogen) atoms. The fourth-order valence-electron chi connectivity index (χ4n) is 2.47. The van der Waals surface area contributed by atoms with E-state index in [1.165, 1.54) is 11.8 Å². The van der Waals surface area contributed by atoms with Crippen LogP contribution in [0.5, 0.6) is 0 Å². The first kappa shape index (κ1) is 13.5. The van der Waals surface area contributed by atoms with E-state index in [1.54, 1.807) is 23.1 Å². The summed E-state index contributed by atoms with van der Waals surface area (Å²) in [7, 11) is -3.03. The number of rotatable bonds is 1. The zero-order valence-electron chi connectivity index (χ0n) is 9.64. The first-order chi connectivity index (χ1) is 8.89. The summed E-state index contributed by atoms with van der Waals surface area (Å²) in [4.78, 5) is 1.69. The van der Waals surface area contributed by atoms with Crippen LogP contribution < -0.4 is 4.90 Å². The number of nitrogens with zero attached hydrogens (tertiary/aromatic N) is 1. The number of hydrogen-bond donors (Lipinski definition) is 1. The molecule has 2 heterocycles. The zero-order chi connectivity index (χ0) is 13.8. The highest BCUT2D eigenvalue weighted by molar-refractivity contribution is 8.15. The minimum Gasteiger partial charge on any atom is -0.315 e. The quantitative estimate of drug-likeness (QED) is 0.856. The van der Waals surface area contributed by atoms with Crippen molar-refractivity contribution >= 4 is 55.7 Å². The van der Waals surface area contributed by atoms with Crippen molar-refractivity contribution in [2.45, 2.75) is 11.3 Å². The molecule has 2 aliphatic rings. The zero-order valence-corrected chi connectivity index (χ0v) is 12.8. The molecule has 0 radical (unpaired) electrons. The van der Waals surface area contributed by atoms with Gasteiger partial charge in [-0.05, 0) is 12.1 Å². The fraction of sp³-hybridized carbons (Fsp3) is 0.364. The second-order valence-corrected chi connectivity index (χ2v) is 8.72. The highest BCUT2D eigenvalue weighted by Gasteiger charge is 2.49. The summed E-state index contributed by atoms with van der Waals surface area (Å²) in [5, 5.41) is 9.03. The average Bonchev–Trinajstić information content (AvgIpc) is 2.73. The molecular formula is C11H10Cl2N2O2S2. The molecule has 0 aromatic heterocycles. The SMILES string of the molecule is N=C1SC2CS(=O)(=O)CC2N1c1cccc(Cl)c1Cl. The average molecular weight is 337 g/mol. The van der Waals surface area contributed by atoms with E-state index in [1.807, 2.05) is 0 Å². The summed E-state index contributed by atoms with van der Waals surface area (Å²) in [5.74, 6) is 0.190. The Morgan fingerprint density at radius 3 is 2.79 bits per heavy atom. The molecule has 1 N–H and O–H groups in total. The van der Waals surface area contributed by atoms with Gasteiger partial charge in [0.1, 0.15) is 0 Å². The van der Waals surface area contributed by atoms with Crippen LogP contribution in [0.2, 0.25) is 10.0 Å². The summed E-state index contributed by atoms with van der Waals surface area (Å²) in [5.41, 5.74) is 0.608. The molecule has 0 aliphatic carbocycles. The van der Waals surface area contributed by atoms with Crippen LogP contribution in [0.25, 0.3) is 0 Å². The number of nitrogens with one attached hydrogen (secondary N) is 1. The predicted molar refractivity (Wildman–Crippen MR) is 80.5 cm³/mol. The Morgan fingerprint density at radius 2 is 2.05 bits per heavy atom. The van der Waals surface area contributed by atoms with Crippen LogP contribution in [-0.4, -0.2) is 36.4 Å². The second-order valence-electron chi connectivity index (χ2n) is 4.55. The van der Waals surface area contributed by atoms with Crippen molar-refractivity contribution in [3.05, 3.63) is 28.2 Å². The number of anilines is 1. The highest BCUT2D eigenvalue weighted by atomic mass is 35.5. The van der Waals surface area contributed by atoms with Gasteiger partial charge in [-0.1, -0.05) is 41.0 Å². The molecule has 2 fully saturated rings. The maximum Gasteiger partial charge on any atom is 0.161 e. The Hall–Kier alpha value is -0.430. The summed E-state index contributed by atoms with van der Waals surface area (Å²) < 4.78 is 23.4. The Morgan fingerprint density at radius 1 is 1.32 bits per heavy atom. The van der Waals surface area contributed by atoms with Crippen molar-refractivity contribution in [2.75, 3.05) is 16.4 Å². The van der Waals surface area contributed by atoms with Gasteiger partial charge in [0.25, 0.3) is 0 Å².